The van der Waals surface area contributed by atoms with E-state index >= 15 is 0 Å². The molecule has 27 heavy (non-hydrogen) atoms. The van der Waals surface area contributed by atoms with E-state index in [9.17, 15) is 19.2 Å². The van der Waals surface area contributed by atoms with Crippen molar-refractivity contribution in [3.05, 3.63) is 29.8 Å². The molecule has 0 radical (unpaired) electrons. The second-order valence-electron chi connectivity index (χ2n) is 5.72. The van der Waals surface area contributed by atoms with E-state index in [1.807, 2.05) is 0 Å². The van der Waals surface area contributed by atoms with Gasteiger partial charge in [0.15, 0.2) is 0 Å². The maximum absolute atomic E-state index is 12.4. The third-order valence-electron chi connectivity index (χ3n) is 3.47. The van der Waals surface area contributed by atoms with Crippen molar-refractivity contribution in [3.63, 3.8) is 0 Å². The number of hydrogen-bond donors (Lipinski definition) is 5. The molecule has 0 heterocycles. The highest BCUT2D eigenvalue weighted by Crippen LogP contribution is 2.12. The Bertz CT molecular complexity index is 662. The zero-order valence-electron chi connectivity index (χ0n) is 15.1. The van der Waals surface area contributed by atoms with Gasteiger partial charge in [0.25, 0.3) is 0 Å². The minimum atomic E-state index is -0.809. The third kappa shape index (κ3) is 9.21. The number of rotatable bonds is 10. The fraction of sp³-hybridized carbons (Fsp3) is 0.412. The van der Waals surface area contributed by atoms with Crippen molar-refractivity contribution in [2.45, 2.75) is 32.4 Å². The zero-order chi connectivity index (χ0) is 20.2. The molecule has 0 saturated heterocycles. The molecule has 0 spiro atoms. The summed E-state index contributed by atoms with van der Waals surface area (Å²) >= 11 is 0. The van der Waals surface area contributed by atoms with Crippen LogP contribution in [-0.2, 0) is 25.7 Å². The summed E-state index contributed by atoms with van der Waals surface area (Å²) in [7, 11) is 0. The number of hydrogen-bond acceptors (Lipinski definition) is 6. The van der Waals surface area contributed by atoms with Crippen molar-refractivity contribution in [3.8, 4) is 0 Å². The molecule has 10 heteroatoms. The molecule has 10 nitrogen and oxygen atoms in total. The van der Waals surface area contributed by atoms with Gasteiger partial charge >= 0.3 is 12.0 Å². The van der Waals surface area contributed by atoms with Crippen LogP contribution in [0.2, 0.25) is 0 Å². The molecule has 1 rings (SSSR count). The molecule has 0 aliphatic heterocycles. The van der Waals surface area contributed by atoms with Crippen LogP contribution in [0, 0.1) is 0 Å². The number of nitrogens with two attached hydrogens (primary N) is 2. The number of benzene rings is 1. The lowest BCUT2D eigenvalue weighted by atomic mass is 10.1. The fourth-order valence-electron chi connectivity index (χ4n) is 2.14. The molecule has 0 fully saturated rings. The van der Waals surface area contributed by atoms with Crippen LogP contribution in [-0.4, -0.2) is 42.9 Å². The highest BCUT2D eigenvalue weighted by Gasteiger charge is 2.20. The van der Waals surface area contributed by atoms with Crippen molar-refractivity contribution in [1.29, 1.82) is 0 Å². The fourth-order valence-corrected chi connectivity index (χ4v) is 2.14. The van der Waals surface area contributed by atoms with Crippen molar-refractivity contribution >= 4 is 29.5 Å². The largest absolute Gasteiger partial charge is 0.461 e. The summed E-state index contributed by atoms with van der Waals surface area (Å²) in [4.78, 5) is 45.5. The van der Waals surface area contributed by atoms with Crippen molar-refractivity contribution < 1.29 is 23.9 Å². The molecule has 4 amide bonds. The second kappa shape index (κ2) is 11.5. The minimum absolute atomic E-state index is 0.144. The van der Waals surface area contributed by atoms with E-state index in [-0.39, 0.29) is 25.7 Å². The maximum atomic E-state index is 12.4. The Kier molecular flexibility index (Phi) is 9.30. The quantitative estimate of drug-likeness (QED) is 0.273. The van der Waals surface area contributed by atoms with Crippen LogP contribution in [0.15, 0.2) is 24.3 Å². The number of primary amides is 1. The van der Waals surface area contributed by atoms with E-state index in [0.717, 1.165) is 5.56 Å². The van der Waals surface area contributed by atoms with Gasteiger partial charge in [0.05, 0.1) is 6.54 Å². The molecule has 148 valence electrons. The Morgan fingerprint density at radius 3 is 2.37 bits per heavy atom. The summed E-state index contributed by atoms with van der Waals surface area (Å²) in [6.07, 6.45) is 0.732. The van der Waals surface area contributed by atoms with E-state index < -0.39 is 23.9 Å². The number of amides is 4. The van der Waals surface area contributed by atoms with E-state index in [1.54, 1.807) is 24.3 Å². The average molecular weight is 379 g/mol. The van der Waals surface area contributed by atoms with Gasteiger partial charge in [0.1, 0.15) is 12.6 Å². The minimum Gasteiger partial charge on any atom is -0.461 e. The predicted octanol–water partition coefficient (Wildman–Crippen LogP) is -0.420. The van der Waals surface area contributed by atoms with Crippen LogP contribution >= 0.6 is 0 Å². The molecule has 1 atom stereocenters. The highest BCUT2D eigenvalue weighted by molar-refractivity contribution is 5.97. The molecular formula is C17H25N5O5. The number of carbonyl (C=O) groups is 4. The normalized spacial score (nSPS) is 11.2. The Morgan fingerprint density at radius 1 is 1.15 bits per heavy atom. The molecule has 1 aromatic carbocycles. The Hall–Kier alpha value is -3.14. The summed E-state index contributed by atoms with van der Waals surface area (Å²) in [5, 5.41) is 7.66. The van der Waals surface area contributed by atoms with E-state index in [2.05, 4.69) is 16.0 Å². The first-order valence-electron chi connectivity index (χ1n) is 8.37. The average Bonchev–Trinajstić information content (AvgIpc) is 2.63. The SMILES string of the molecule is CC(=O)OCc1ccc(NC(=O)C(CCCNC(N)=O)NC(=O)CN)cc1. The van der Waals surface area contributed by atoms with Gasteiger partial charge in [-0.1, -0.05) is 12.1 Å². The van der Waals surface area contributed by atoms with Gasteiger partial charge in [0.2, 0.25) is 11.8 Å². The highest BCUT2D eigenvalue weighted by atomic mass is 16.5. The number of carbonyl (C=O) groups excluding carboxylic acids is 4. The Labute approximate surface area is 157 Å². The first-order valence-corrected chi connectivity index (χ1v) is 8.37. The first kappa shape index (κ1) is 21.9. The Morgan fingerprint density at radius 2 is 1.81 bits per heavy atom. The molecule has 0 aliphatic rings. The van der Waals surface area contributed by atoms with Gasteiger partial charge in [-0.05, 0) is 30.5 Å². The van der Waals surface area contributed by atoms with Crippen LogP contribution < -0.4 is 27.4 Å². The van der Waals surface area contributed by atoms with Crippen LogP contribution in [0.1, 0.15) is 25.3 Å². The lowest BCUT2D eigenvalue weighted by Gasteiger charge is -2.18. The zero-order valence-corrected chi connectivity index (χ0v) is 15.1. The van der Waals surface area contributed by atoms with Crippen LogP contribution in [0.4, 0.5) is 10.5 Å². The third-order valence-corrected chi connectivity index (χ3v) is 3.47. The van der Waals surface area contributed by atoms with E-state index in [4.69, 9.17) is 16.2 Å². The summed E-state index contributed by atoms with van der Waals surface area (Å²) in [6, 6.07) is 5.28. The summed E-state index contributed by atoms with van der Waals surface area (Å²) in [6.45, 7) is 1.51. The number of urea groups is 1. The van der Waals surface area contributed by atoms with Gasteiger partial charge in [-0.3, -0.25) is 14.4 Å². The molecule has 0 aliphatic carbocycles. The van der Waals surface area contributed by atoms with Gasteiger partial charge in [-0.2, -0.15) is 0 Å². The van der Waals surface area contributed by atoms with E-state index in [0.29, 0.717) is 18.5 Å². The summed E-state index contributed by atoms with van der Waals surface area (Å²) in [5.41, 5.74) is 11.6. The molecule has 0 bridgehead atoms. The van der Waals surface area contributed by atoms with Gasteiger partial charge in [0, 0.05) is 19.2 Å². The summed E-state index contributed by atoms with van der Waals surface area (Å²) < 4.78 is 4.89. The number of esters is 1. The standard InChI is InChI=1S/C17H25N5O5/c1-11(23)27-10-12-4-6-13(7-5-12)21-16(25)14(22-15(24)9-18)3-2-8-20-17(19)26/h4-7,14H,2-3,8-10,18H2,1H3,(H,21,25)(H,22,24)(H3,19,20,26). The van der Waals surface area contributed by atoms with Gasteiger partial charge < -0.3 is 32.2 Å². The topological polar surface area (TPSA) is 166 Å². The van der Waals surface area contributed by atoms with Crippen LogP contribution in [0.25, 0.3) is 0 Å². The number of ether oxygens (including phenoxy) is 1. The van der Waals surface area contributed by atoms with Crippen molar-refractivity contribution in [1.82, 2.24) is 10.6 Å². The monoisotopic (exact) mass is 379 g/mol. The van der Waals surface area contributed by atoms with Gasteiger partial charge in [-0.25, -0.2) is 4.79 Å². The first-order chi connectivity index (χ1) is 12.8. The molecule has 7 N–H and O–H groups in total. The molecule has 0 saturated carbocycles. The second-order valence-corrected chi connectivity index (χ2v) is 5.72. The predicted molar refractivity (Wildman–Crippen MR) is 98.3 cm³/mol. The van der Waals surface area contributed by atoms with Crippen molar-refractivity contribution in [2.24, 2.45) is 11.5 Å². The molecule has 1 aromatic rings. The lowest BCUT2D eigenvalue weighted by molar-refractivity contribution is -0.142. The molecular weight excluding hydrogens is 354 g/mol. The summed E-state index contributed by atoms with van der Waals surface area (Å²) in [5.74, 6) is -1.25. The lowest BCUT2D eigenvalue weighted by Crippen LogP contribution is -2.46. The Balaban J connectivity index is 2.63. The van der Waals surface area contributed by atoms with Gasteiger partial charge in [-0.15, -0.1) is 0 Å². The molecule has 1 unspecified atom stereocenters. The van der Waals surface area contributed by atoms with E-state index in [1.165, 1.54) is 6.92 Å². The number of nitrogens with one attached hydrogen (secondary N) is 3. The maximum Gasteiger partial charge on any atom is 0.312 e. The van der Waals surface area contributed by atoms with Crippen molar-refractivity contribution in [2.75, 3.05) is 18.4 Å². The van der Waals surface area contributed by atoms with Crippen LogP contribution in [0.3, 0.4) is 0 Å². The number of anilines is 1. The van der Waals surface area contributed by atoms with Crippen LogP contribution in [0.5, 0.6) is 0 Å². The smallest absolute Gasteiger partial charge is 0.312 e. The molecule has 0 aromatic heterocycles.